The van der Waals surface area contributed by atoms with E-state index in [1.807, 2.05) is 17.2 Å². The van der Waals surface area contributed by atoms with E-state index in [0.29, 0.717) is 47.2 Å². The van der Waals surface area contributed by atoms with Gasteiger partial charge in [0.2, 0.25) is 40.1 Å². The number of sulfonamides is 4. The van der Waals surface area contributed by atoms with Gasteiger partial charge in [0.1, 0.15) is 0 Å². The maximum Gasteiger partial charge on any atom is 0.214 e. The van der Waals surface area contributed by atoms with Gasteiger partial charge in [-0.1, -0.05) is 312 Å². The van der Waals surface area contributed by atoms with Crippen LogP contribution in [0.5, 0.6) is 0 Å². The average Bonchev–Trinajstić information content (AvgIpc) is 1.79. The van der Waals surface area contributed by atoms with Crippen molar-refractivity contribution in [2.75, 3.05) is 49.2 Å². The molecule has 0 aliphatic carbocycles. The molecule has 4 saturated heterocycles. The van der Waals surface area contributed by atoms with Crippen LogP contribution in [0.3, 0.4) is 0 Å². The van der Waals surface area contributed by atoms with Crippen LogP contribution in [0.2, 0.25) is 0 Å². The molecule has 16 heteroatoms. The first-order chi connectivity index (χ1) is 44.5. The van der Waals surface area contributed by atoms with Crippen molar-refractivity contribution < 1.29 is 33.7 Å². The monoisotopic (exact) mass is 1380 g/mol. The lowest BCUT2D eigenvalue weighted by Gasteiger charge is -2.24. The second-order valence-electron chi connectivity index (χ2n) is 28.8. The van der Waals surface area contributed by atoms with Crippen molar-refractivity contribution in [3.63, 3.8) is 0 Å². The first-order valence-electron chi connectivity index (χ1n) is 40.4. The van der Waals surface area contributed by atoms with E-state index >= 15 is 0 Å². The van der Waals surface area contributed by atoms with E-state index in [4.69, 9.17) is 0 Å². The number of hydrogen-bond acceptors (Lipinski definition) is 8. The number of unbranched alkanes of at least 4 members (excludes halogenated alkanes) is 36. The molecule has 4 rings (SSSR count). The fraction of sp³-hybridized carbons (Fsp3) is 1.00. The van der Waals surface area contributed by atoms with Gasteiger partial charge in [-0.15, -0.1) is 0 Å². The summed E-state index contributed by atoms with van der Waals surface area (Å²) in [5, 5.41) is 0. The van der Waals surface area contributed by atoms with Gasteiger partial charge < -0.3 is 0 Å². The van der Waals surface area contributed by atoms with Crippen molar-refractivity contribution in [1.82, 2.24) is 17.2 Å². The van der Waals surface area contributed by atoms with Crippen molar-refractivity contribution >= 4 is 40.1 Å². The largest absolute Gasteiger partial charge is 0.214 e. The zero-order valence-electron chi connectivity index (χ0n) is 62.3. The molecule has 0 spiro atoms. The molecule has 0 aromatic carbocycles. The summed E-state index contributed by atoms with van der Waals surface area (Å²) < 4.78 is 108. The molecule has 4 atom stereocenters. The highest BCUT2D eigenvalue weighted by Gasteiger charge is 2.36. The minimum absolute atomic E-state index is 0.292. The number of hydrogen-bond donors (Lipinski definition) is 0. The van der Waals surface area contributed by atoms with Gasteiger partial charge in [-0.2, -0.15) is 17.2 Å². The molecule has 0 aromatic heterocycles. The maximum atomic E-state index is 12.7. The van der Waals surface area contributed by atoms with Gasteiger partial charge in [-0.25, -0.2) is 33.7 Å². The minimum atomic E-state index is -3.03. The van der Waals surface area contributed by atoms with E-state index < -0.39 is 40.1 Å². The van der Waals surface area contributed by atoms with Crippen molar-refractivity contribution in [3.05, 3.63) is 0 Å². The Labute approximate surface area is 575 Å². The first-order valence-corrected chi connectivity index (χ1v) is 46.9. The van der Waals surface area contributed by atoms with Gasteiger partial charge in [-0.3, -0.25) is 0 Å². The highest BCUT2D eigenvalue weighted by molar-refractivity contribution is 7.89. The SMILES string of the molecule is CCCCCCCC1CCCN1S(=O)(=O)CCCCC.CCCCCCCCC1CCCN1S(=O)(=O)CCCCCC.CCCCCCCCCC1CCCN1S(=O)(=O)CCCCCCC.CCCCCCCCCCC1CCCN1S(=O)(=O)CCCCCCCC. The average molecular weight is 1380 g/mol. The zero-order valence-corrected chi connectivity index (χ0v) is 65.5. The third-order valence-electron chi connectivity index (χ3n) is 20.3. The maximum absolute atomic E-state index is 12.7. The normalized spacial score (nSPS) is 19.5. The van der Waals surface area contributed by atoms with Crippen LogP contribution in [0.4, 0.5) is 0 Å². The third kappa shape index (κ3) is 43.2. The highest BCUT2D eigenvalue weighted by atomic mass is 32.2. The van der Waals surface area contributed by atoms with Crippen molar-refractivity contribution in [1.29, 1.82) is 0 Å². The summed E-state index contributed by atoms with van der Waals surface area (Å²) in [5.41, 5.74) is 0. The Balaban J connectivity index is 0.000000616. The molecule has 0 aromatic rings. The van der Waals surface area contributed by atoms with Gasteiger partial charge >= 0.3 is 0 Å². The van der Waals surface area contributed by atoms with Crippen LogP contribution in [0.25, 0.3) is 0 Å². The van der Waals surface area contributed by atoms with Gasteiger partial charge in [0.15, 0.2) is 0 Å². The van der Waals surface area contributed by atoms with Gasteiger partial charge in [0.25, 0.3) is 0 Å². The summed E-state index contributed by atoms with van der Waals surface area (Å²) in [6.45, 7) is 20.7. The smallest absolute Gasteiger partial charge is 0.212 e. The van der Waals surface area contributed by atoms with Crippen LogP contribution in [0, 0.1) is 0 Å². The quantitative estimate of drug-likeness (QED) is 0.0546. The van der Waals surface area contributed by atoms with Gasteiger partial charge in [0, 0.05) is 50.3 Å². The second-order valence-corrected chi connectivity index (χ2v) is 36.9. The lowest BCUT2D eigenvalue weighted by molar-refractivity contribution is 0.358. The molecule has 92 heavy (non-hydrogen) atoms. The highest BCUT2D eigenvalue weighted by Crippen LogP contribution is 2.31. The third-order valence-corrected chi connectivity index (χ3v) is 28.3. The fourth-order valence-electron chi connectivity index (χ4n) is 14.5. The summed E-state index contributed by atoms with van der Waals surface area (Å²) in [6.07, 6.45) is 66.0. The Morgan fingerprint density at radius 1 is 0.207 bits per heavy atom. The topological polar surface area (TPSA) is 150 Å². The summed E-state index contributed by atoms with van der Waals surface area (Å²) in [4.78, 5) is 0. The number of nitrogens with zero attached hydrogens (tertiary/aromatic N) is 4. The molecule has 0 radical (unpaired) electrons. The van der Waals surface area contributed by atoms with E-state index in [0.717, 1.165) is 174 Å². The predicted octanol–water partition coefficient (Wildman–Crippen LogP) is 22.0. The Bertz CT molecular complexity index is 2120. The number of rotatable bonds is 56. The minimum Gasteiger partial charge on any atom is -0.212 e. The molecule has 0 bridgehead atoms. The molecule has 4 aliphatic heterocycles. The van der Waals surface area contributed by atoms with Crippen molar-refractivity contribution in [2.45, 2.75) is 439 Å². The lowest BCUT2D eigenvalue weighted by Crippen LogP contribution is -2.37. The van der Waals surface area contributed by atoms with E-state index in [1.165, 1.54) is 212 Å². The van der Waals surface area contributed by atoms with Crippen LogP contribution >= 0.6 is 0 Å². The van der Waals surface area contributed by atoms with Gasteiger partial charge in [-0.05, 0) is 103 Å². The summed E-state index contributed by atoms with van der Waals surface area (Å²) in [6, 6.07) is 1.17. The van der Waals surface area contributed by atoms with E-state index in [2.05, 4.69) is 55.4 Å². The molecule has 0 N–H and O–H groups in total. The summed E-state index contributed by atoms with van der Waals surface area (Å²) in [5.74, 6) is 1.45. The van der Waals surface area contributed by atoms with Crippen molar-refractivity contribution in [3.8, 4) is 0 Å². The Kier molecular flexibility index (Phi) is 56.9. The summed E-state index contributed by atoms with van der Waals surface area (Å²) in [7, 11) is -12.0. The molecular formula is C76H156N4O8S4. The zero-order chi connectivity index (χ0) is 67.9. The molecule has 4 fully saturated rings. The molecule has 4 unspecified atom stereocenters. The van der Waals surface area contributed by atoms with Crippen LogP contribution in [0.15, 0.2) is 0 Å². The van der Waals surface area contributed by atoms with Crippen LogP contribution in [-0.4, -0.2) is 124 Å². The lowest BCUT2D eigenvalue weighted by atomic mass is 10.0. The molecule has 4 heterocycles. The van der Waals surface area contributed by atoms with Crippen LogP contribution in [0.1, 0.15) is 415 Å². The Morgan fingerprint density at radius 3 is 0.543 bits per heavy atom. The second kappa shape index (κ2) is 58.4. The fourth-order valence-corrected chi connectivity index (χ4v) is 22.0. The van der Waals surface area contributed by atoms with Crippen molar-refractivity contribution in [2.24, 2.45) is 0 Å². The molecule has 4 aliphatic rings. The standard InChI is InChI=1S/C22H45NO2S.C20H41NO2S.C18H37NO2S.C16H33NO2S/c1-3-5-7-9-11-12-13-15-18-22-19-17-20-23(22)26(24,25)21-16-14-10-8-6-4-2;1-3-5-7-9-10-11-13-16-20-17-15-18-21(20)24(22,23)19-14-12-8-6-4-2;1-3-5-7-9-10-11-14-18-15-13-16-19(18)22(20,21)17-12-8-6-4-2;1-3-5-7-8-9-12-16-13-11-14-17(16)20(18,19)15-10-6-4-2/h22H,3-21H2,1-2H3;20H,3-19H2,1-2H3;18H,3-17H2,1-2H3;16H,3-15H2,1-2H3. The van der Waals surface area contributed by atoms with E-state index in [1.54, 1.807) is 0 Å². The van der Waals surface area contributed by atoms with Crippen LogP contribution in [-0.2, 0) is 40.1 Å². The van der Waals surface area contributed by atoms with E-state index in [-0.39, 0.29) is 0 Å². The van der Waals surface area contributed by atoms with Crippen LogP contribution < -0.4 is 0 Å². The molecule has 0 amide bonds. The molecule has 0 saturated carbocycles. The Morgan fingerprint density at radius 2 is 0.348 bits per heavy atom. The summed E-state index contributed by atoms with van der Waals surface area (Å²) >= 11 is 0. The molecule has 12 nitrogen and oxygen atoms in total. The van der Waals surface area contributed by atoms with E-state index in [9.17, 15) is 33.7 Å². The Hall–Kier alpha value is -0.360. The first kappa shape index (κ1) is 89.7. The molecular weight excluding hydrogens is 1230 g/mol. The predicted molar refractivity (Wildman–Crippen MR) is 401 cm³/mol. The molecule has 552 valence electrons. The van der Waals surface area contributed by atoms with Gasteiger partial charge in [0.05, 0.1) is 23.0 Å².